The van der Waals surface area contributed by atoms with Crippen LogP contribution in [0.4, 0.5) is 4.79 Å². The quantitative estimate of drug-likeness (QED) is 0.579. The summed E-state index contributed by atoms with van der Waals surface area (Å²) < 4.78 is 5.03. The first-order valence-corrected chi connectivity index (χ1v) is 5.50. The lowest BCUT2D eigenvalue weighted by Crippen LogP contribution is -2.38. The number of alkyl carbamates (subject to hydrolysis) is 1. The maximum absolute atomic E-state index is 11.3. The van der Waals surface area contributed by atoms with Gasteiger partial charge in [0.25, 0.3) is 0 Å². The molecule has 0 saturated carbocycles. The van der Waals surface area contributed by atoms with Crippen molar-refractivity contribution in [2.45, 2.75) is 52.2 Å². The van der Waals surface area contributed by atoms with Crippen LogP contribution in [0.3, 0.4) is 0 Å². The van der Waals surface area contributed by atoms with Crippen LogP contribution in [-0.4, -0.2) is 24.0 Å². The molecule has 0 aliphatic carbocycles. The summed E-state index contributed by atoms with van der Waals surface area (Å²) >= 11 is 0. The molecule has 0 aliphatic heterocycles. The summed E-state index contributed by atoms with van der Waals surface area (Å²) in [6.45, 7) is 7.36. The van der Waals surface area contributed by atoms with Gasteiger partial charge in [-0.2, -0.15) is 0 Å². The molecule has 0 fully saturated rings. The molecule has 0 aliphatic rings. The number of amides is 1. The third-order valence-corrected chi connectivity index (χ3v) is 1.63. The van der Waals surface area contributed by atoms with Crippen LogP contribution in [-0.2, 0) is 9.53 Å². The van der Waals surface area contributed by atoms with Crippen molar-refractivity contribution in [3.8, 4) is 0 Å². The van der Waals surface area contributed by atoms with Crippen molar-refractivity contribution in [1.29, 1.82) is 0 Å². The Labute approximate surface area is 97.1 Å². The molecule has 1 unspecified atom stereocenters. The van der Waals surface area contributed by atoms with E-state index in [-0.39, 0.29) is 0 Å². The smallest absolute Gasteiger partial charge is 0.408 e. The minimum absolute atomic E-state index is 0.551. The summed E-state index contributed by atoms with van der Waals surface area (Å²) in [6, 6.07) is -0.610. The average Bonchev–Trinajstić information content (AvgIpc) is 2.13. The molecular formula is C12H21NO3. The molecule has 0 radical (unpaired) electrons. The first kappa shape index (κ1) is 14.7. The van der Waals surface area contributed by atoms with Crippen LogP contribution < -0.4 is 5.32 Å². The zero-order chi connectivity index (χ0) is 12.6. The Morgan fingerprint density at radius 2 is 2.06 bits per heavy atom. The van der Waals surface area contributed by atoms with Crippen molar-refractivity contribution in [2.24, 2.45) is 0 Å². The summed E-state index contributed by atoms with van der Waals surface area (Å²) in [7, 11) is 0. The van der Waals surface area contributed by atoms with Gasteiger partial charge in [0.1, 0.15) is 17.9 Å². The van der Waals surface area contributed by atoms with Gasteiger partial charge < -0.3 is 14.8 Å². The zero-order valence-corrected chi connectivity index (χ0v) is 10.4. The second kappa shape index (κ2) is 7.04. The van der Waals surface area contributed by atoms with E-state index in [4.69, 9.17) is 4.74 Å². The maximum atomic E-state index is 11.3. The van der Waals surface area contributed by atoms with Gasteiger partial charge >= 0.3 is 6.09 Å². The molecule has 92 valence electrons. The lowest BCUT2D eigenvalue weighted by molar-refractivity contribution is -0.108. The summed E-state index contributed by atoms with van der Waals surface area (Å²) in [6.07, 6.45) is 5.53. The van der Waals surface area contributed by atoms with E-state index in [1.54, 1.807) is 26.8 Å². The number of carbonyl (C=O) groups excluding carboxylic acids is 2. The number of hydrogen-bond donors (Lipinski definition) is 1. The van der Waals surface area contributed by atoms with Gasteiger partial charge in [-0.1, -0.05) is 25.5 Å². The van der Waals surface area contributed by atoms with Crippen LogP contribution in [0.5, 0.6) is 0 Å². The average molecular weight is 227 g/mol. The van der Waals surface area contributed by atoms with Crippen LogP contribution in [0, 0.1) is 0 Å². The first-order chi connectivity index (χ1) is 7.39. The third kappa shape index (κ3) is 8.03. The predicted octanol–water partition coefficient (Wildman–Crippen LogP) is 2.43. The van der Waals surface area contributed by atoms with Crippen molar-refractivity contribution in [3.63, 3.8) is 0 Å². The van der Waals surface area contributed by atoms with Crippen LogP contribution in [0.2, 0.25) is 0 Å². The van der Waals surface area contributed by atoms with E-state index >= 15 is 0 Å². The second-order valence-electron chi connectivity index (χ2n) is 4.52. The molecule has 0 aromatic heterocycles. The Morgan fingerprint density at radius 3 is 2.50 bits per heavy atom. The minimum atomic E-state index is -0.610. The van der Waals surface area contributed by atoms with Crippen molar-refractivity contribution in [3.05, 3.63) is 12.2 Å². The number of hydrogen-bond acceptors (Lipinski definition) is 3. The van der Waals surface area contributed by atoms with E-state index < -0.39 is 17.7 Å². The summed E-state index contributed by atoms with van der Waals surface area (Å²) in [5.74, 6) is 0. The van der Waals surface area contributed by atoms with Crippen LogP contribution >= 0.6 is 0 Å². The van der Waals surface area contributed by atoms with E-state index in [0.29, 0.717) is 6.29 Å². The van der Waals surface area contributed by atoms with E-state index in [1.807, 2.05) is 13.0 Å². The fourth-order valence-corrected chi connectivity index (χ4v) is 0.981. The van der Waals surface area contributed by atoms with Crippen molar-refractivity contribution in [2.75, 3.05) is 0 Å². The molecule has 0 aromatic rings. The van der Waals surface area contributed by atoms with Gasteiger partial charge in [-0.05, 0) is 27.2 Å². The van der Waals surface area contributed by atoms with Crippen molar-refractivity contribution >= 4 is 12.4 Å². The maximum Gasteiger partial charge on any atom is 0.408 e. The van der Waals surface area contributed by atoms with Gasteiger partial charge in [0, 0.05) is 0 Å². The Hall–Kier alpha value is -1.32. The number of carbonyl (C=O) groups is 2. The van der Waals surface area contributed by atoms with Crippen LogP contribution in [0.25, 0.3) is 0 Å². The van der Waals surface area contributed by atoms with Gasteiger partial charge in [-0.3, -0.25) is 0 Å². The molecule has 0 bridgehead atoms. The molecular weight excluding hydrogens is 206 g/mol. The molecule has 4 heteroatoms. The minimum Gasteiger partial charge on any atom is -0.444 e. The molecule has 0 rings (SSSR count). The largest absolute Gasteiger partial charge is 0.444 e. The van der Waals surface area contributed by atoms with E-state index in [9.17, 15) is 9.59 Å². The monoisotopic (exact) mass is 227 g/mol. The molecule has 0 spiro atoms. The van der Waals surface area contributed by atoms with Gasteiger partial charge in [0.15, 0.2) is 0 Å². The molecule has 0 aromatic carbocycles. The molecule has 1 N–H and O–H groups in total. The second-order valence-corrected chi connectivity index (χ2v) is 4.52. The number of unbranched alkanes of at least 4 members (excludes halogenated alkanes) is 1. The summed E-state index contributed by atoms with van der Waals surface area (Å²) in [5.41, 5.74) is -0.551. The Bertz CT molecular complexity index is 253. The molecule has 1 atom stereocenters. The standard InChI is InChI=1S/C12H21NO3/c1-5-6-7-8-10(9-14)13-11(15)16-12(2,3)4/h7-10H,5-6H2,1-4H3,(H,13,15)/b8-7+. The Kier molecular flexibility index (Phi) is 6.46. The zero-order valence-electron chi connectivity index (χ0n) is 10.4. The fraction of sp³-hybridized carbons (Fsp3) is 0.667. The van der Waals surface area contributed by atoms with Crippen molar-refractivity contribution < 1.29 is 14.3 Å². The number of aldehydes is 1. The molecule has 0 saturated heterocycles. The Morgan fingerprint density at radius 1 is 1.44 bits per heavy atom. The highest BCUT2D eigenvalue weighted by Gasteiger charge is 2.17. The van der Waals surface area contributed by atoms with Crippen LogP contribution in [0.1, 0.15) is 40.5 Å². The first-order valence-electron chi connectivity index (χ1n) is 5.50. The number of rotatable bonds is 5. The normalized spacial score (nSPS) is 13.5. The predicted molar refractivity (Wildman–Crippen MR) is 63.3 cm³/mol. The Balaban J connectivity index is 4.12. The highest BCUT2D eigenvalue weighted by molar-refractivity contribution is 5.74. The van der Waals surface area contributed by atoms with E-state index in [0.717, 1.165) is 12.8 Å². The SMILES string of the molecule is CCC/C=C/C(C=O)NC(=O)OC(C)(C)C. The van der Waals surface area contributed by atoms with Gasteiger partial charge in [-0.15, -0.1) is 0 Å². The van der Waals surface area contributed by atoms with Crippen molar-refractivity contribution in [1.82, 2.24) is 5.32 Å². The van der Waals surface area contributed by atoms with E-state index in [1.165, 1.54) is 0 Å². The van der Waals surface area contributed by atoms with E-state index in [2.05, 4.69) is 5.32 Å². The van der Waals surface area contributed by atoms with Gasteiger partial charge in [0.05, 0.1) is 0 Å². The molecule has 0 heterocycles. The van der Waals surface area contributed by atoms with Gasteiger partial charge in [-0.25, -0.2) is 4.79 Å². The summed E-state index contributed by atoms with van der Waals surface area (Å²) in [4.78, 5) is 22.0. The topological polar surface area (TPSA) is 55.4 Å². The lowest BCUT2D eigenvalue weighted by Gasteiger charge is -2.20. The number of allylic oxidation sites excluding steroid dienone is 1. The summed E-state index contributed by atoms with van der Waals surface area (Å²) in [5, 5.41) is 2.47. The highest BCUT2D eigenvalue weighted by atomic mass is 16.6. The fourth-order valence-electron chi connectivity index (χ4n) is 0.981. The molecule has 16 heavy (non-hydrogen) atoms. The number of ether oxygens (including phenoxy) is 1. The highest BCUT2D eigenvalue weighted by Crippen LogP contribution is 2.06. The third-order valence-electron chi connectivity index (χ3n) is 1.63. The molecule has 4 nitrogen and oxygen atoms in total. The lowest BCUT2D eigenvalue weighted by atomic mass is 10.2. The number of nitrogens with one attached hydrogen (secondary N) is 1. The van der Waals surface area contributed by atoms with Gasteiger partial charge in [0.2, 0.25) is 0 Å². The molecule has 1 amide bonds. The van der Waals surface area contributed by atoms with Crippen LogP contribution in [0.15, 0.2) is 12.2 Å².